The molecule has 2 rings (SSSR count). The normalized spacial score (nSPS) is 14.2. The second-order valence-corrected chi connectivity index (χ2v) is 4.77. The number of carbonyl (C=O) groups is 2. The molecule has 6 heteroatoms. The molecule has 1 heterocycles. The molecule has 1 aliphatic carbocycles. The van der Waals surface area contributed by atoms with Gasteiger partial charge in [0.05, 0.1) is 5.69 Å². The zero-order valence-corrected chi connectivity index (χ0v) is 11.4. The highest BCUT2D eigenvalue weighted by Gasteiger charge is 2.31. The number of rotatable bonds is 6. The van der Waals surface area contributed by atoms with Crippen LogP contribution in [0.2, 0.25) is 0 Å². The predicted molar refractivity (Wildman–Crippen MR) is 71.9 cm³/mol. The van der Waals surface area contributed by atoms with Gasteiger partial charge in [-0.25, -0.2) is 0 Å². The van der Waals surface area contributed by atoms with Gasteiger partial charge >= 0.3 is 0 Å². The van der Waals surface area contributed by atoms with Crippen LogP contribution in [-0.2, 0) is 11.3 Å². The Hall–Kier alpha value is -1.85. The minimum Gasteiger partial charge on any atom is -0.351 e. The topological polar surface area (TPSA) is 76.0 Å². The number of hydrogen-bond acceptors (Lipinski definition) is 3. The smallest absolute Gasteiger partial charge is 0.273 e. The predicted octanol–water partition coefficient (Wildman–Crippen LogP) is 1.39. The van der Waals surface area contributed by atoms with Crippen molar-refractivity contribution >= 4 is 17.5 Å². The maximum atomic E-state index is 12.0. The third-order valence-electron chi connectivity index (χ3n) is 3.04. The molecule has 0 saturated heterocycles. The molecule has 6 nitrogen and oxygen atoms in total. The summed E-state index contributed by atoms with van der Waals surface area (Å²) in [6.45, 7) is 5.19. The molecule has 0 radical (unpaired) electrons. The summed E-state index contributed by atoms with van der Waals surface area (Å²) < 4.78 is 1.66. The molecule has 1 aliphatic rings. The molecule has 104 valence electrons. The Morgan fingerprint density at radius 2 is 2.16 bits per heavy atom. The summed E-state index contributed by atoms with van der Waals surface area (Å²) in [7, 11) is 0. The monoisotopic (exact) mass is 264 g/mol. The molecular formula is C13H20N4O2. The van der Waals surface area contributed by atoms with E-state index in [-0.39, 0.29) is 17.7 Å². The van der Waals surface area contributed by atoms with Crippen molar-refractivity contribution in [1.29, 1.82) is 0 Å². The van der Waals surface area contributed by atoms with Gasteiger partial charge in [0.2, 0.25) is 5.91 Å². The third-order valence-corrected chi connectivity index (χ3v) is 3.04. The first-order valence-electron chi connectivity index (χ1n) is 6.82. The van der Waals surface area contributed by atoms with Crippen LogP contribution in [0.3, 0.4) is 0 Å². The number of aryl methyl sites for hydroxylation is 1. The molecule has 0 aliphatic heterocycles. The van der Waals surface area contributed by atoms with Crippen molar-refractivity contribution < 1.29 is 9.59 Å². The molecule has 1 aromatic rings. The van der Waals surface area contributed by atoms with Crippen LogP contribution in [0.4, 0.5) is 5.69 Å². The van der Waals surface area contributed by atoms with Gasteiger partial charge in [0.25, 0.3) is 5.91 Å². The highest BCUT2D eigenvalue weighted by Crippen LogP contribution is 2.30. The van der Waals surface area contributed by atoms with E-state index in [4.69, 9.17) is 0 Å². The molecule has 0 atom stereocenters. The fraction of sp³-hybridized carbons (Fsp3) is 0.615. The van der Waals surface area contributed by atoms with Crippen LogP contribution in [0.25, 0.3) is 0 Å². The molecule has 19 heavy (non-hydrogen) atoms. The molecule has 2 N–H and O–H groups in total. The van der Waals surface area contributed by atoms with Crippen LogP contribution >= 0.6 is 0 Å². The van der Waals surface area contributed by atoms with E-state index in [2.05, 4.69) is 15.7 Å². The van der Waals surface area contributed by atoms with Crippen molar-refractivity contribution in [3.63, 3.8) is 0 Å². The van der Waals surface area contributed by atoms with Gasteiger partial charge in [0.15, 0.2) is 5.69 Å². The molecule has 0 aromatic carbocycles. The van der Waals surface area contributed by atoms with Crippen LogP contribution in [0.5, 0.6) is 0 Å². The van der Waals surface area contributed by atoms with Crippen molar-refractivity contribution in [3.8, 4) is 0 Å². The second kappa shape index (κ2) is 5.86. The standard InChI is InChI=1S/C13H20N4O2/c1-3-7-14-13(19)11-10(8-17(4-2)16-11)15-12(18)9-5-6-9/h8-9H,3-7H2,1-2H3,(H,14,19)(H,15,18). The van der Waals surface area contributed by atoms with Gasteiger partial charge in [-0.2, -0.15) is 5.10 Å². The highest BCUT2D eigenvalue weighted by molar-refractivity contribution is 6.03. The number of nitrogens with one attached hydrogen (secondary N) is 2. The average Bonchev–Trinajstić information content (AvgIpc) is 3.18. The first-order chi connectivity index (χ1) is 9.15. The summed E-state index contributed by atoms with van der Waals surface area (Å²) in [6.07, 6.45) is 4.45. The Bertz CT molecular complexity index is 477. The van der Waals surface area contributed by atoms with E-state index >= 15 is 0 Å². The Kier molecular flexibility index (Phi) is 4.19. The summed E-state index contributed by atoms with van der Waals surface area (Å²) in [4.78, 5) is 23.8. The zero-order chi connectivity index (χ0) is 13.8. The Balaban J connectivity index is 2.12. The van der Waals surface area contributed by atoms with Crippen LogP contribution < -0.4 is 10.6 Å². The van der Waals surface area contributed by atoms with E-state index < -0.39 is 0 Å². The fourth-order valence-electron chi connectivity index (χ4n) is 1.75. The van der Waals surface area contributed by atoms with E-state index in [0.29, 0.717) is 24.5 Å². The molecule has 0 bridgehead atoms. The van der Waals surface area contributed by atoms with Crippen molar-refractivity contribution in [2.24, 2.45) is 5.92 Å². The minimum absolute atomic E-state index is 0.0137. The average molecular weight is 264 g/mol. The lowest BCUT2D eigenvalue weighted by Crippen LogP contribution is -2.26. The molecular weight excluding hydrogens is 244 g/mol. The lowest BCUT2D eigenvalue weighted by atomic mass is 10.3. The number of anilines is 1. The van der Waals surface area contributed by atoms with Gasteiger partial charge in [-0.15, -0.1) is 0 Å². The fourth-order valence-corrected chi connectivity index (χ4v) is 1.75. The maximum Gasteiger partial charge on any atom is 0.273 e. The van der Waals surface area contributed by atoms with Crippen LogP contribution in [-0.4, -0.2) is 28.1 Å². The summed E-state index contributed by atoms with van der Waals surface area (Å²) in [5.41, 5.74) is 0.802. The molecule has 0 spiro atoms. The molecule has 1 saturated carbocycles. The van der Waals surface area contributed by atoms with E-state index in [9.17, 15) is 9.59 Å². The molecule has 2 amide bonds. The Morgan fingerprint density at radius 1 is 1.42 bits per heavy atom. The van der Waals surface area contributed by atoms with Gasteiger partial charge in [0, 0.05) is 25.2 Å². The third kappa shape index (κ3) is 3.33. The summed E-state index contributed by atoms with van der Waals surface area (Å²) in [6, 6.07) is 0. The van der Waals surface area contributed by atoms with Crippen molar-refractivity contribution in [2.45, 2.75) is 39.7 Å². The number of carbonyl (C=O) groups excluding carboxylic acids is 2. The Labute approximate surface area is 112 Å². The minimum atomic E-state index is -0.236. The lowest BCUT2D eigenvalue weighted by molar-refractivity contribution is -0.117. The van der Waals surface area contributed by atoms with Gasteiger partial charge in [0.1, 0.15) is 0 Å². The first kappa shape index (κ1) is 13.6. The van der Waals surface area contributed by atoms with Crippen LogP contribution in [0, 0.1) is 5.92 Å². The Morgan fingerprint density at radius 3 is 2.74 bits per heavy atom. The molecule has 0 unspecified atom stereocenters. The van der Waals surface area contributed by atoms with Gasteiger partial charge in [-0.1, -0.05) is 6.92 Å². The first-order valence-corrected chi connectivity index (χ1v) is 6.82. The summed E-state index contributed by atoms with van der Waals surface area (Å²) >= 11 is 0. The maximum absolute atomic E-state index is 12.0. The quantitative estimate of drug-likeness (QED) is 0.815. The van der Waals surface area contributed by atoms with E-state index in [1.165, 1.54) is 0 Å². The van der Waals surface area contributed by atoms with Gasteiger partial charge in [-0.05, 0) is 26.2 Å². The zero-order valence-electron chi connectivity index (χ0n) is 11.4. The SMILES string of the molecule is CCCNC(=O)c1nn(CC)cc1NC(=O)C1CC1. The van der Waals surface area contributed by atoms with E-state index in [1.54, 1.807) is 10.9 Å². The number of hydrogen-bond donors (Lipinski definition) is 2. The highest BCUT2D eigenvalue weighted by atomic mass is 16.2. The number of aromatic nitrogens is 2. The number of nitrogens with zero attached hydrogens (tertiary/aromatic N) is 2. The van der Waals surface area contributed by atoms with Gasteiger partial charge < -0.3 is 10.6 Å². The van der Waals surface area contributed by atoms with Crippen molar-refractivity contribution in [2.75, 3.05) is 11.9 Å². The number of amides is 2. The molecule has 1 aromatic heterocycles. The summed E-state index contributed by atoms with van der Waals surface area (Å²) in [5.74, 6) is -0.142. The second-order valence-electron chi connectivity index (χ2n) is 4.77. The van der Waals surface area contributed by atoms with Crippen LogP contribution in [0.1, 0.15) is 43.6 Å². The van der Waals surface area contributed by atoms with Crippen molar-refractivity contribution in [1.82, 2.24) is 15.1 Å². The van der Waals surface area contributed by atoms with Crippen LogP contribution in [0.15, 0.2) is 6.20 Å². The van der Waals surface area contributed by atoms with E-state index in [1.807, 2.05) is 13.8 Å². The largest absolute Gasteiger partial charge is 0.351 e. The summed E-state index contributed by atoms with van der Waals surface area (Å²) in [5, 5.41) is 9.78. The molecule has 1 fully saturated rings. The van der Waals surface area contributed by atoms with E-state index in [0.717, 1.165) is 19.3 Å². The lowest BCUT2D eigenvalue weighted by Gasteiger charge is -2.04. The van der Waals surface area contributed by atoms with Crippen molar-refractivity contribution in [3.05, 3.63) is 11.9 Å². The van der Waals surface area contributed by atoms with Gasteiger partial charge in [-0.3, -0.25) is 14.3 Å².